The number of halogens is 1. The molecule has 1 N–H and O–H groups in total. The van der Waals surface area contributed by atoms with Crippen molar-refractivity contribution in [2.24, 2.45) is 0 Å². The van der Waals surface area contributed by atoms with Crippen molar-refractivity contribution in [1.82, 2.24) is 19.6 Å². The van der Waals surface area contributed by atoms with Gasteiger partial charge in [-0.2, -0.15) is 4.37 Å². The summed E-state index contributed by atoms with van der Waals surface area (Å²) in [5.74, 6) is 1.78. The van der Waals surface area contributed by atoms with E-state index in [4.69, 9.17) is 0 Å². The molecule has 4 nitrogen and oxygen atoms in total. The Morgan fingerprint density at radius 2 is 2.47 bits per heavy atom. The molecule has 2 aromatic heterocycles. The summed E-state index contributed by atoms with van der Waals surface area (Å²) in [6, 6.07) is 0. The Balaban J connectivity index is 1.96. The fourth-order valence-corrected chi connectivity index (χ4v) is 3.27. The predicted molar refractivity (Wildman–Crippen MR) is 65.1 cm³/mol. The van der Waals surface area contributed by atoms with Crippen molar-refractivity contribution >= 4 is 39.2 Å². The van der Waals surface area contributed by atoms with Gasteiger partial charge < -0.3 is 0 Å². The molecule has 80 valence electrons. The monoisotopic (exact) mass is 304 g/mol. The van der Waals surface area contributed by atoms with Gasteiger partial charge in [0.2, 0.25) is 5.16 Å². The number of H-pyrrole nitrogens is 1. The lowest BCUT2D eigenvalue weighted by Gasteiger charge is -1.93. The van der Waals surface area contributed by atoms with Crippen LogP contribution in [0.5, 0.6) is 0 Å². The second kappa shape index (κ2) is 5.09. The van der Waals surface area contributed by atoms with Gasteiger partial charge in [-0.05, 0) is 27.5 Å². The summed E-state index contributed by atoms with van der Waals surface area (Å²) >= 11 is 6.56. The largest absolute Gasteiger partial charge is 0.262 e. The highest BCUT2D eigenvalue weighted by Crippen LogP contribution is 2.27. The molecule has 2 heterocycles. The van der Waals surface area contributed by atoms with Crippen molar-refractivity contribution in [2.45, 2.75) is 24.3 Å². The van der Waals surface area contributed by atoms with Crippen LogP contribution in [0.15, 0.2) is 15.8 Å². The molecule has 2 rings (SSSR count). The second-order valence-corrected chi connectivity index (χ2v) is 5.49. The minimum atomic E-state index is 0.798. The van der Waals surface area contributed by atoms with Gasteiger partial charge in [-0.1, -0.05) is 18.7 Å². The Labute approximate surface area is 104 Å². The Morgan fingerprint density at radius 3 is 3.07 bits per heavy atom. The second-order valence-electron chi connectivity index (χ2n) is 2.80. The van der Waals surface area contributed by atoms with Gasteiger partial charge in [0, 0.05) is 17.1 Å². The summed E-state index contributed by atoms with van der Waals surface area (Å²) in [6.45, 7) is 2.05. The summed E-state index contributed by atoms with van der Waals surface area (Å²) in [6.07, 6.45) is 2.70. The number of nitrogens with zero attached hydrogens (tertiary/aromatic N) is 3. The molecule has 15 heavy (non-hydrogen) atoms. The number of aromatic amines is 1. The van der Waals surface area contributed by atoms with Crippen molar-refractivity contribution in [2.75, 3.05) is 0 Å². The fraction of sp³-hybridized carbons (Fsp3) is 0.375. The van der Waals surface area contributed by atoms with E-state index < -0.39 is 0 Å². The normalized spacial score (nSPS) is 10.8. The van der Waals surface area contributed by atoms with Gasteiger partial charge in [-0.15, -0.1) is 5.10 Å². The molecule has 2 aromatic rings. The van der Waals surface area contributed by atoms with E-state index in [0.717, 1.165) is 27.6 Å². The molecular weight excluding hydrogens is 296 g/mol. The Kier molecular flexibility index (Phi) is 3.76. The number of nitrogens with one attached hydrogen (secondary N) is 1. The lowest BCUT2D eigenvalue weighted by molar-refractivity contribution is 0.941. The highest BCUT2D eigenvalue weighted by molar-refractivity contribution is 9.10. The minimum Gasteiger partial charge on any atom is -0.262 e. The first-order valence-electron chi connectivity index (χ1n) is 4.42. The average molecular weight is 305 g/mol. The van der Waals surface area contributed by atoms with Gasteiger partial charge >= 0.3 is 0 Å². The third-order valence-electron chi connectivity index (χ3n) is 1.77. The van der Waals surface area contributed by atoms with Crippen molar-refractivity contribution in [3.05, 3.63) is 21.4 Å². The number of hydrogen-bond donors (Lipinski definition) is 1. The highest BCUT2D eigenvalue weighted by Gasteiger charge is 2.06. The van der Waals surface area contributed by atoms with Gasteiger partial charge in [-0.25, -0.2) is 4.98 Å². The number of aromatic nitrogens is 4. The van der Waals surface area contributed by atoms with E-state index in [1.54, 1.807) is 11.8 Å². The van der Waals surface area contributed by atoms with Gasteiger partial charge in [0.25, 0.3) is 0 Å². The molecule has 0 aromatic carbocycles. The van der Waals surface area contributed by atoms with Crippen molar-refractivity contribution in [3.63, 3.8) is 0 Å². The minimum absolute atomic E-state index is 0.798. The van der Waals surface area contributed by atoms with Gasteiger partial charge in [-0.3, -0.25) is 5.10 Å². The molecule has 0 fully saturated rings. The molecule has 0 unspecified atom stereocenters. The maximum absolute atomic E-state index is 4.32. The zero-order valence-corrected chi connectivity index (χ0v) is 11.2. The molecule has 0 atom stereocenters. The molecule has 7 heteroatoms. The van der Waals surface area contributed by atoms with Crippen LogP contribution < -0.4 is 0 Å². The van der Waals surface area contributed by atoms with Crippen molar-refractivity contribution in [3.8, 4) is 0 Å². The van der Waals surface area contributed by atoms with Crippen LogP contribution in [0.1, 0.15) is 17.6 Å². The van der Waals surface area contributed by atoms with Crippen LogP contribution in [0.4, 0.5) is 0 Å². The lowest BCUT2D eigenvalue weighted by Crippen LogP contribution is -1.81. The third-order valence-corrected chi connectivity index (χ3v) is 4.57. The predicted octanol–water partition coefficient (Wildman–Crippen LogP) is 2.88. The number of aryl methyl sites for hydroxylation is 1. The zero-order valence-electron chi connectivity index (χ0n) is 8.03. The lowest BCUT2D eigenvalue weighted by atomic mass is 10.5. The first kappa shape index (κ1) is 11.1. The van der Waals surface area contributed by atoms with Crippen LogP contribution in [-0.2, 0) is 12.2 Å². The molecule has 0 saturated heterocycles. The molecule has 0 spiro atoms. The van der Waals surface area contributed by atoms with Crippen LogP contribution in [0.2, 0.25) is 0 Å². The van der Waals surface area contributed by atoms with Gasteiger partial charge in [0.15, 0.2) is 0 Å². The SMILES string of the molecule is CCc1nc(SCc2sncc2Br)n[nH]1. The van der Waals surface area contributed by atoms with E-state index in [1.807, 2.05) is 6.20 Å². The van der Waals surface area contributed by atoms with E-state index in [2.05, 4.69) is 42.4 Å². The van der Waals surface area contributed by atoms with E-state index in [1.165, 1.54) is 16.4 Å². The van der Waals surface area contributed by atoms with Crippen molar-refractivity contribution in [1.29, 1.82) is 0 Å². The molecule has 0 radical (unpaired) electrons. The molecular formula is C8H9BrN4S2. The van der Waals surface area contributed by atoms with Crippen LogP contribution in [0, 0.1) is 0 Å². The van der Waals surface area contributed by atoms with E-state index in [9.17, 15) is 0 Å². The molecule has 0 saturated carbocycles. The molecule has 0 amide bonds. The number of rotatable bonds is 4. The Bertz CT molecular complexity index is 439. The molecule has 0 aliphatic heterocycles. The summed E-state index contributed by atoms with van der Waals surface area (Å²) < 4.78 is 5.15. The maximum atomic E-state index is 4.32. The number of hydrogen-bond acceptors (Lipinski definition) is 5. The fourth-order valence-electron chi connectivity index (χ4n) is 0.978. The average Bonchev–Trinajstić information content (AvgIpc) is 2.84. The topological polar surface area (TPSA) is 54.5 Å². The maximum Gasteiger partial charge on any atom is 0.208 e. The molecule has 0 aliphatic carbocycles. The van der Waals surface area contributed by atoms with E-state index in [0.29, 0.717) is 0 Å². The Hall–Kier alpha value is -0.400. The quantitative estimate of drug-likeness (QED) is 0.883. The highest BCUT2D eigenvalue weighted by atomic mass is 79.9. The van der Waals surface area contributed by atoms with E-state index in [-0.39, 0.29) is 0 Å². The van der Waals surface area contributed by atoms with E-state index >= 15 is 0 Å². The van der Waals surface area contributed by atoms with Crippen LogP contribution in [0.25, 0.3) is 0 Å². The smallest absolute Gasteiger partial charge is 0.208 e. The summed E-state index contributed by atoms with van der Waals surface area (Å²) in [7, 11) is 0. The third kappa shape index (κ3) is 2.79. The first-order chi connectivity index (χ1) is 7.29. The summed E-state index contributed by atoms with van der Waals surface area (Å²) in [5, 5.41) is 7.80. The standard InChI is InChI=1S/C8H9BrN4S2/c1-2-7-11-8(13-12-7)14-4-6-5(9)3-10-15-6/h3H,2,4H2,1H3,(H,11,12,13). The summed E-state index contributed by atoms with van der Waals surface area (Å²) in [5.41, 5.74) is 0. The van der Waals surface area contributed by atoms with Gasteiger partial charge in [0.1, 0.15) is 5.82 Å². The summed E-state index contributed by atoms with van der Waals surface area (Å²) in [4.78, 5) is 5.53. The molecule has 0 bridgehead atoms. The van der Waals surface area contributed by atoms with Crippen LogP contribution >= 0.6 is 39.2 Å². The molecule has 0 aliphatic rings. The first-order valence-corrected chi connectivity index (χ1v) is 6.98. The number of thioether (sulfide) groups is 1. The van der Waals surface area contributed by atoms with Crippen LogP contribution in [0.3, 0.4) is 0 Å². The van der Waals surface area contributed by atoms with Crippen LogP contribution in [-0.4, -0.2) is 19.6 Å². The van der Waals surface area contributed by atoms with Gasteiger partial charge in [0.05, 0.1) is 10.7 Å². The Morgan fingerprint density at radius 1 is 1.60 bits per heavy atom. The van der Waals surface area contributed by atoms with Crippen molar-refractivity contribution < 1.29 is 0 Å². The zero-order chi connectivity index (χ0) is 10.7.